The number of hydrogen-bond donors (Lipinski definition) is 0. The van der Waals surface area contributed by atoms with E-state index >= 15 is 0 Å². The van der Waals surface area contributed by atoms with Crippen molar-refractivity contribution >= 4 is 50.8 Å². The molecule has 34 heavy (non-hydrogen) atoms. The largest absolute Gasteiger partial charge is 0.309 e. The van der Waals surface area contributed by atoms with Crippen LogP contribution in [0, 0.1) is 6.92 Å². The summed E-state index contributed by atoms with van der Waals surface area (Å²) in [4.78, 5) is 34.8. The van der Waals surface area contributed by atoms with Crippen molar-refractivity contribution in [3.05, 3.63) is 95.1 Å². The fraction of sp³-hybridized carbons (Fsp3) is 0.222. The van der Waals surface area contributed by atoms with E-state index < -0.39 is 0 Å². The minimum atomic E-state index is -0.108. The molecule has 1 amide bonds. The van der Waals surface area contributed by atoms with Gasteiger partial charge in [0.2, 0.25) is 0 Å². The first-order valence-electron chi connectivity index (χ1n) is 11.0. The molecule has 0 aliphatic rings. The zero-order valence-corrected chi connectivity index (χ0v) is 21.2. The lowest BCUT2D eigenvalue weighted by Gasteiger charge is -2.21. The van der Waals surface area contributed by atoms with Crippen LogP contribution >= 0.6 is 23.7 Å². The molecule has 0 aliphatic heterocycles. The van der Waals surface area contributed by atoms with Crippen molar-refractivity contribution in [2.45, 2.75) is 13.3 Å². The van der Waals surface area contributed by atoms with E-state index in [0.29, 0.717) is 28.4 Å². The average molecular weight is 494 g/mol. The van der Waals surface area contributed by atoms with E-state index in [1.165, 1.54) is 16.9 Å². The molecule has 4 rings (SSSR count). The van der Waals surface area contributed by atoms with E-state index in [1.807, 2.05) is 44.4 Å². The molecule has 0 radical (unpaired) electrons. The topological polar surface area (TPSA) is 53.5 Å². The predicted octanol–water partition coefficient (Wildman–Crippen LogP) is 5.86. The van der Waals surface area contributed by atoms with Gasteiger partial charge in [0.15, 0.2) is 10.9 Å². The number of anilines is 1. The zero-order valence-electron chi connectivity index (χ0n) is 19.5. The summed E-state index contributed by atoms with van der Waals surface area (Å²) in [6, 6.07) is 22.2. The molecular weight excluding hydrogens is 466 g/mol. The fourth-order valence-corrected chi connectivity index (χ4v) is 4.73. The molecule has 5 nitrogen and oxygen atoms in total. The number of aryl methyl sites for hydroxylation is 1. The normalized spacial score (nSPS) is 10.8. The molecule has 0 saturated heterocycles. The quantitative estimate of drug-likeness (QED) is 0.289. The van der Waals surface area contributed by atoms with Gasteiger partial charge in [-0.3, -0.25) is 14.5 Å². The molecule has 7 heteroatoms. The van der Waals surface area contributed by atoms with E-state index in [1.54, 1.807) is 41.3 Å². The summed E-state index contributed by atoms with van der Waals surface area (Å²) in [6.45, 7) is 3.50. The second-order valence-corrected chi connectivity index (χ2v) is 9.36. The van der Waals surface area contributed by atoms with Gasteiger partial charge in [0.05, 0.1) is 10.2 Å². The van der Waals surface area contributed by atoms with Crippen molar-refractivity contribution in [2.75, 3.05) is 32.1 Å². The standard InChI is InChI=1S/C27H27N3O2S.ClH/c1-19-10-15-23-24(18-19)33-27(28-23)30(17-7-16-29(2)3)26(32)22-13-11-21(12-14-22)25(31)20-8-5-4-6-9-20;/h4-6,8-15,18H,7,16-17H2,1-3H3;1H. The molecule has 4 aromatic rings. The molecule has 0 saturated carbocycles. The molecule has 3 aromatic carbocycles. The Morgan fingerprint density at radius 2 is 1.50 bits per heavy atom. The van der Waals surface area contributed by atoms with Crippen molar-refractivity contribution in [3.63, 3.8) is 0 Å². The molecule has 1 aromatic heterocycles. The van der Waals surface area contributed by atoms with Crippen LogP contribution in [0.5, 0.6) is 0 Å². The van der Waals surface area contributed by atoms with E-state index in [9.17, 15) is 9.59 Å². The number of fused-ring (bicyclic) bond motifs is 1. The third-order valence-corrected chi connectivity index (χ3v) is 6.47. The molecule has 0 spiro atoms. The molecule has 0 fully saturated rings. The number of nitrogens with zero attached hydrogens (tertiary/aromatic N) is 3. The minimum absolute atomic E-state index is 0. The lowest BCUT2D eigenvalue weighted by atomic mass is 10.0. The number of thiazole rings is 1. The van der Waals surface area contributed by atoms with Crippen molar-refractivity contribution < 1.29 is 9.59 Å². The number of benzene rings is 3. The third-order valence-electron chi connectivity index (χ3n) is 5.43. The summed E-state index contributed by atoms with van der Waals surface area (Å²) in [6.07, 6.45) is 0.832. The lowest BCUT2D eigenvalue weighted by Crippen LogP contribution is -2.33. The predicted molar refractivity (Wildman–Crippen MR) is 143 cm³/mol. The second-order valence-electron chi connectivity index (χ2n) is 8.35. The van der Waals surface area contributed by atoms with Gasteiger partial charge in [0, 0.05) is 23.2 Å². The van der Waals surface area contributed by atoms with E-state index in [2.05, 4.69) is 17.9 Å². The fourth-order valence-electron chi connectivity index (χ4n) is 3.64. The Kier molecular flexibility index (Phi) is 8.56. The molecule has 1 heterocycles. The van der Waals surface area contributed by atoms with E-state index in [4.69, 9.17) is 4.98 Å². The Morgan fingerprint density at radius 3 is 2.18 bits per heavy atom. The number of ketones is 1. The maximum absolute atomic E-state index is 13.5. The number of amides is 1. The number of hydrogen-bond acceptors (Lipinski definition) is 5. The Labute approximate surface area is 210 Å². The molecule has 0 atom stereocenters. The van der Waals surface area contributed by atoms with Crippen molar-refractivity contribution in [3.8, 4) is 0 Å². The molecular formula is C27H28ClN3O2S. The van der Waals surface area contributed by atoms with Crippen LogP contribution in [0.2, 0.25) is 0 Å². The van der Waals surface area contributed by atoms with Gasteiger partial charge in [0.25, 0.3) is 5.91 Å². The minimum Gasteiger partial charge on any atom is -0.309 e. The van der Waals surface area contributed by atoms with Crippen LogP contribution in [0.3, 0.4) is 0 Å². The van der Waals surface area contributed by atoms with Gasteiger partial charge in [-0.25, -0.2) is 4.98 Å². The van der Waals surface area contributed by atoms with Crippen LogP contribution in [0.25, 0.3) is 10.2 Å². The van der Waals surface area contributed by atoms with Crippen LogP contribution in [-0.2, 0) is 0 Å². The highest BCUT2D eigenvalue weighted by atomic mass is 35.5. The third kappa shape index (κ3) is 5.89. The highest BCUT2D eigenvalue weighted by molar-refractivity contribution is 7.22. The highest BCUT2D eigenvalue weighted by Gasteiger charge is 2.22. The average Bonchev–Trinajstić information content (AvgIpc) is 3.24. The van der Waals surface area contributed by atoms with Gasteiger partial charge >= 0.3 is 0 Å². The highest BCUT2D eigenvalue weighted by Crippen LogP contribution is 2.30. The number of halogens is 1. The summed E-state index contributed by atoms with van der Waals surface area (Å²) >= 11 is 1.53. The van der Waals surface area contributed by atoms with Gasteiger partial charge in [-0.15, -0.1) is 12.4 Å². The van der Waals surface area contributed by atoms with Crippen molar-refractivity contribution in [1.29, 1.82) is 0 Å². The van der Waals surface area contributed by atoms with Gasteiger partial charge in [-0.2, -0.15) is 0 Å². The zero-order chi connectivity index (χ0) is 23.4. The maximum atomic E-state index is 13.5. The Balaban J connectivity index is 0.00000324. The Morgan fingerprint density at radius 1 is 0.853 bits per heavy atom. The van der Waals surface area contributed by atoms with Gasteiger partial charge < -0.3 is 4.90 Å². The maximum Gasteiger partial charge on any atom is 0.260 e. The Bertz CT molecular complexity index is 1270. The first kappa shape index (κ1) is 25.6. The molecule has 0 bridgehead atoms. The number of carbonyl (C=O) groups is 2. The molecule has 0 N–H and O–H groups in total. The van der Waals surface area contributed by atoms with Crippen LogP contribution in [0.1, 0.15) is 38.3 Å². The summed E-state index contributed by atoms with van der Waals surface area (Å²) < 4.78 is 1.07. The van der Waals surface area contributed by atoms with Crippen LogP contribution in [-0.4, -0.2) is 48.8 Å². The molecule has 176 valence electrons. The van der Waals surface area contributed by atoms with Crippen LogP contribution in [0.4, 0.5) is 5.13 Å². The monoisotopic (exact) mass is 493 g/mol. The smallest absolute Gasteiger partial charge is 0.260 e. The summed E-state index contributed by atoms with van der Waals surface area (Å²) in [7, 11) is 4.05. The number of rotatable bonds is 8. The van der Waals surface area contributed by atoms with E-state index in [-0.39, 0.29) is 24.1 Å². The Hall–Kier alpha value is -3.06. The van der Waals surface area contributed by atoms with Gasteiger partial charge in [0.1, 0.15) is 0 Å². The SMILES string of the molecule is Cc1ccc2nc(N(CCCN(C)C)C(=O)c3ccc(C(=O)c4ccccc4)cc3)sc2c1.Cl. The van der Waals surface area contributed by atoms with E-state index in [0.717, 1.165) is 23.2 Å². The van der Waals surface area contributed by atoms with Crippen LogP contribution < -0.4 is 4.90 Å². The molecule has 0 unspecified atom stereocenters. The summed E-state index contributed by atoms with van der Waals surface area (Å²) in [5, 5.41) is 0.698. The number of aromatic nitrogens is 1. The second kappa shape index (κ2) is 11.4. The first-order chi connectivity index (χ1) is 15.9. The van der Waals surface area contributed by atoms with Crippen molar-refractivity contribution in [2.24, 2.45) is 0 Å². The molecule has 0 aliphatic carbocycles. The summed E-state index contributed by atoms with van der Waals surface area (Å²) in [5.74, 6) is -0.165. The number of carbonyl (C=O) groups excluding carboxylic acids is 2. The summed E-state index contributed by atoms with van der Waals surface area (Å²) in [5.41, 5.74) is 3.80. The van der Waals surface area contributed by atoms with Crippen molar-refractivity contribution in [1.82, 2.24) is 9.88 Å². The van der Waals surface area contributed by atoms with Gasteiger partial charge in [-0.05, 0) is 63.8 Å². The first-order valence-corrected chi connectivity index (χ1v) is 11.8. The lowest BCUT2D eigenvalue weighted by molar-refractivity contribution is 0.0983. The van der Waals surface area contributed by atoms with Gasteiger partial charge in [-0.1, -0.05) is 59.9 Å². The van der Waals surface area contributed by atoms with Crippen LogP contribution in [0.15, 0.2) is 72.8 Å².